The van der Waals surface area contributed by atoms with Gasteiger partial charge in [-0.1, -0.05) is 62.7 Å². The fourth-order valence-electron chi connectivity index (χ4n) is 5.08. The third-order valence-corrected chi connectivity index (χ3v) is 10.7. The van der Waals surface area contributed by atoms with Gasteiger partial charge in [0.1, 0.15) is 11.4 Å². The van der Waals surface area contributed by atoms with Crippen LogP contribution >= 0.6 is 11.6 Å². The zero-order valence-corrected chi connectivity index (χ0v) is 20.5. The van der Waals surface area contributed by atoms with Gasteiger partial charge in [-0.05, 0) is 43.2 Å². The molecular formula is C24H31ClN2O4S. The first-order valence-electron chi connectivity index (χ1n) is 11.2. The normalized spacial score (nSPS) is 25.0. The summed E-state index contributed by atoms with van der Waals surface area (Å²) in [7, 11) is -3.61. The van der Waals surface area contributed by atoms with Crippen molar-refractivity contribution in [3.05, 3.63) is 53.1 Å². The number of halogens is 1. The number of hydrogen-bond acceptors (Lipinski definition) is 4. The Kier molecular flexibility index (Phi) is 6.20. The van der Waals surface area contributed by atoms with Crippen LogP contribution in [0.1, 0.15) is 52.0 Å². The summed E-state index contributed by atoms with van der Waals surface area (Å²) in [5, 5.41) is 0.570. The van der Waals surface area contributed by atoms with Gasteiger partial charge >= 0.3 is 6.09 Å². The Morgan fingerprint density at radius 3 is 2.56 bits per heavy atom. The van der Waals surface area contributed by atoms with Crippen molar-refractivity contribution in [2.45, 2.75) is 63.9 Å². The molecule has 0 spiro atoms. The summed E-state index contributed by atoms with van der Waals surface area (Å²) in [5.74, 6) is 0. The highest BCUT2D eigenvalue weighted by molar-refractivity contribution is 7.90. The fraction of sp³-hybridized carbons (Fsp3) is 0.542. The van der Waals surface area contributed by atoms with E-state index >= 15 is 0 Å². The van der Waals surface area contributed by atoms with E-state index in [9.17, 15) is 13.2 Å². The molecular weight excluding hydrogens is 448 g/mol. The number of anilines is 1. The molecule has 2 heterocycles. The van der Waals surface area contributed by atoms with E-state index in [0.29, 0.717) is 37.4 Å². The molecule has 3 aliphatic rings. The number of cyclic esters (lactones) is 1. The minimum Gasteiger partial charge on any atom is -0.444 e. The molecule has 0 bridgehead atoms. The number of carbonyl (C=O) groups is 1. The molecule has 174 valence electrons. The highest BCUT2D eigenvalue weighted by Crippen LogP contribution is 2.47. The van der Waals surface area contributed by atoms with E-state index in [2.05, 4.69) is 0 Å². The van der Waals surface area contributed by atoms with Crippen LogP contribution in [0.4, 0.5) is 10.5 Å². The van der Waals surface area contributed by atoms with Gasteiger partial charge in [0.2, 0.25) is 10.0 Å². The number of ether oxygens (including phenoxy) is 1. The van der Waals surface area contributed by atoms with Gasteiger partial charge in [0.25, 0.3) is 0 Å². The van der Waals surface area contributed by atoms with E-state index in [1.165, 1.54) is 0 Å². The molecule has 1 atom stereocenters. The lowest BCUT2D eigenvalue weighted by atomic mass is 9.73. The summed E-state index contributed by atoms with van der Waals surface area (Å²) in [6.45, 7) is 7.00. The number of sulfonamides is 1. The molecule has 0 N–H and O–H groups in total. The summed E-state index contributed by atoms with van der Waals surface area (Å²) in [5.41, 5.74) is 1.14. The SMILES string of the molecule is CCC(C)(C)C1(S(=O)(=O)N2CCC(N3C(=O)OCc4c(Cl)cccc43)CC2)C=CC=CC1. The number of hydrogen-bond donors (Lipinski definition) is 0. The van der Waals surface area contributed by atoms with Gasteiger partial charge in [-0.15, -0.1) is 0 Å². The van der Waals surface area contributed by atoms with Crippen molar-refractivity contribution in [1.82, 2.24) is 4.31 Å². The molecule has 4 rings (SSSR count). The van der Waals surface area contributed by atoms with Crippen LogP contribution in [0.3, 0.4) is 0 Å². The maximum Gasteiger partial charge on any atom is 0.414 e. The maximum absolute atomic E-state index is 14.0. The average Bonchev–Trinajstić information content (AvgIpc) is 2.79. The highest BCUT2D eigenvalue weighted by Gasteiger charge is 2.54. The quantitative estimate of drug-likeness (QED) is 0.577. The Morgan fingerprint density at radius 1 is 1.22 bits per heavy atom. The van der Waals surface area contributed by atoms with Gasteiger partial charge in [-0.2, -0.15) is 0 Å². The lowest BCUT2D eigenvalue weighted by Gasteiger charge is -2.48. The maximum atomic E-state index is 14.0. The third-order valence-electron chi connectivity index (χ3n) is 7.54. The number of amides is 1. The van der Waals surface area contributed by atoms with Gasteiger partial charge in [-0.3, -0.25) is 4.90 Å². The van der Waals surface area contributed by atoms with Crippen LogP contribution in [0.5, 0.6) is 0 Å². The molecule has 2 aliphatic heterocycles. The van der Waals surface area contributed by atoms with E-state index in [-0.39, 0.29) is 12.6 Å². The van der Waals surface area contributed by atoms with Crippen LogP contribution in [0.2, 0.25) is 5.02 Å². The van der Waals surface area contributed by atoms with Crippen molar-refractivity contribution < 1.29 is 17.9 Å². The molecule has 1 aromatic carbocycles. The molecule has 1 fully saturated rings. The minimum absolute atomic E-state index is 0.136. The number of carbonyl (C=O) groups excluding carboxylic acids is 1. The number of piperidine rings is 1. The van der Waals surface area contributed by atoms with Gasteiger partial charge in [0, 0.05) is 29.7 Å². The fourth-order valence-corrected chi connectivity index (χ4v) is 7.85. The summed E-state index contributed by atoms with van der Waals surface area (Å²) in [6, 6.07) is 5.35. The number of allylic oxidation sites excluding steroid dienone is 3. The molecule has 0 aromatic heterocycles. The summed E-state index contributed by atoms with van der Waals surface area (Å²) < 4.78 is 34.0. The number of nitrogens with zero attached hydrogens (tertiary/aromatic N) is 2. The highest BCUT2D eigenvalue weighted by atomic mass is 35.5. The largest absolute Gasteiger partial charge is 0.444 e. The summed E-state index contributed by atoms with van der Waals surface area (Å²) >= 11 is 6.32. The second kappa shape index (κ2) is 8.50. The van der Waals surface area contributed by atoms with Crippen molar-refractivity contribution in [3.8, 4) is 0 Å². The van der Waals surface area contributed by atoms with Crippen LogP contribution < -0.4 is 4.90 Å². The topological polar surface area (TPSA) is 66.9 Å². The molecule has 6 nitrogen and oxygen atoms in total. The predicted molar refractivity (Wildman–Crippen MR) is 127 cm³/mol. The standard InChI is InChI=1S/C24H31ClN2O4S/c1-4-23(2,3)24(13-6-5-7-14-24)32(29,30)26-15-11-18(12-16-26)27-21-10-8-9-20(25)19(21)17-31-22(27)28/h5-10,13,18H,4,11-12,14-17H2,1-3H3. The van der Waals surface area contributed by atoms with Crippen LogP contribution in [0.15, 0.2) is 42.5 Å². The van der Waals surface area contributed by atoms with Gasteiger partial charge < -0.3 is 4.74 Å². The molecule has 1 aromatic rings. The molecule has 1 unspecified atom stereocenters. The lowest BCUT2D eigenvalue weighted by molar-refractivity contribution is 0.135. The van der Waals surface area contributed by atoms with Crippen molar-refractivity contribution in [2.24, 2.45) is 5.41 Å². The first-order chi connectivity index (χ1) is 15.1. The predicted octanol–water partition coefficient (Wildman–Crippen LogP) is 5.28. The molecule has 32 heavy (non-hydrogen) atoms. The monoisotopic (exact) mass is 478 g/mol. The van der Waals surface area contributed by atoms with Crippen LogP contribution in [0.25, 0.3) is 0 Å². The van der Waals surface area contributed by atoms with E-state index < -0.39 is 26.3 Å². The van der Waals surface area contributed by atoms with Crippen molar-refractivity contribution in [3.63, 3.8) is 0 Å². The summed E-state index contributed by atoms with van der Waals surface area (Å²) in [4.78, 5) is 14.3. The van der Waals surface area contributed by atoms with Crippen LogP contribution in [0, 0.1) is 5.41 Å². The zero-order valence-electron chi connectivity index (χ0n) is 18.9. The van der Waals surface area contributed by atoms with E-state index in [0.717, 1.165) is 17.7 Å². The van der Waals surface area contributed by atoms with Crippen molar-refractivity contribution in [2.75, 3.05) is 18.0 Å². The smallest absolute Gasteiger partial charge is 0.414 e. The van der Waals surface area contributed by atoms with Crippen LogP contribution in [-0.4, -0.2) is 42.7 Å². The lowest BCUT2D eigenvalue weighted by Crippen LogP contribution is -2.58. The van der Waals surface area contributed by atoms with Gasteiger partial charge in [0.05, 0.1) is 5.69 Å². The van der Waals surface area contributed by atoms with Crippen molar-refractivity contribution in [1.29, 1.82) is 0 Å². The Balaban J connectivity index is 1.58. The number of benzene rings is 1. The summed E-state index contributed by atoms with van der Waals surface area (Å²) in [6.07, 6.45) is 9.50. The van der Waals surface area contributed by atoms with E-state index in [1.54, 1.807) is 15.3 Å². The number of rotatable bonds is 5. The minimum atomic E-state index is -3.61. The Labute approximate surface area is 195 Å². The van der Waals surface area contributed by atoms with Gasteiger partial charge in [-0.25, -0.2) is 17.5 Å². The van der Waals surface area contributed by atoms with E-state index in [4.69, 9.17) is 16.3 Å². The first-order valence-corrected chi connectivity index (χ1v) is 13.0. The zero-order chi connectivity index (χ0) is 23.1. The molecule has 1 amide bonds. The Morgan fingerprint density at radius 2 is 1.94 bits per heavy atom. The molecule has 8 heteroatoms. The number of fused-ring (bicyclic) bond motifs is 1. The molecule has 1 saturated heterocycles. The second-order valence-corrected chi connectivity index (χ2v) is 12.0. The van der Waals surface area contributed by atoms with Gasteiger partial charge in [0.15, 0.2) is 0 Å². The van der Waals surface area contributed by atoms with E-state index in [1.807, 2.05) is 57.2 Å². The molecule has 0 saturated carbocycles. The first kappa shape index (κ1) is 23.3. The van der Waals surface area contributed by atoms with Crippen LogP contribution in [-0.2, 0) is 21.4 Å². The Hall–Kier alpha value is -1.83. The Bertz CT molecular complexity index is 1060. The average molecular weight is 479 g/mol. The van der Waals surface area contributed by atoms with Crippen molar-refractivity contribution >= 4 is 33.4 Å². The second-order valence-electron chi connectivity index (χ2n) is 9.42. The third kappa shape index (κ3) is 3.58. The molecule has 0 radical (unpaired) electrons. The molecule has 1 aliphatic carbocycles.